The summed E-state index contributed by atoms with van der Waals surface area (Å²) < 4.78 is 16.9. The molecular weight excluding hydrogens is 309 g/mol. The molecule has 1 aliphatic rings. The normalized spacial score (nSPS) is 25.0. The third kappa shape index (κ3) is 3.59. The van der Waals surface area contributed by atoms with E-state index in [9.17, 15) is 8.68 Å². The molecule has 1 heterocycles. The quantitative estimate of drug-likeness (QED) is 0.364. The van der Waals surface area contributed by atoms with E-state index >= 15 is 0 Å². The Kier molecular flexibility index (Phi) is 5.66. The molecule has 0 radical (unpaired) electrons. The van der Waals surface area contributed by atoms with Gasteiger partial charge in [0.05, 0.1) is 5.69 Å². The average molecular weight is 327 g/mol. The Labute approximate surface area is 132 Å². The lowest BCUT2D eigenvalue weighted by atomic mass is 9.91. The summed E-state index contributed by atoms with van der Waals surface area (Å²) in [6.07, 6.45) is 6.97. The summed E-state index contributed by atoms with van der Waals surface area (Å²) in [6, 6.07) is 1.75. The first-order chi connectivity index (χ1) is 10.1. The second kappa shape index (κ2) is 7.29. The highest BCUT2D eigenvalue weighted by atomic mass is 32.2. The van der Waals surface area contributed by atoms with Crippen LogP contribution < -0.4 is 4.72 Å². The largest absolute Gasteiger partial charge is 0.345 e. The van der Waals surface area contributed by atoms with Gasteiger partial charge in [0.25, 0.3) is 0 Å². The second-order valence-corrected chi connectivity index (χ2v) is 6.69. The Morgan fingerprint density at radius 1 is 1.52 bits per heavy atom. The number of halogens is 1. The summed E-state index contributed by atoms with van der Waals surface area (Å²) in [5, 5.41) is 7.72. The van der Waals surface area contributed by atoms with Crippen LogP contribution in [0.25, 0.3) is 0 Å². The number of thioether (sulfide) groups is 1. The van der Waals surface area contributed by atoms with Crippen LogP contribution in [-0.2, 0) is 7.05 Å². The van der Waals surface area contributed by atoms with Crippen molar-refractivity contribution in [3.05, 3.63) is 29.6 Å². The van der Waals surface area contributed by atoms with Gasteiger partial charge in [-0.15, -0.1) is 15.6 Å². The molecule has 0 saturated heterocycles. The zero-order valence-electron chi connectivity index (χ0n) is 11.9. The Morgan fingerprint density at radius 3 is 2.86 bits per heavy atom. The molecule has 4 nitrogen and oxygen atoms in total. The van der Waals surface area contributed by atoms with Crippen LogP contribution in [0.1, 0.15) is 22.6 Å². The van der Waals surface area contributed by atoms with Gasteiger partial charge in [-0.2, -0.15) is 0 Å². The van der Waals surface area contributed by atoms with Gasteiger partial charge in [0.15, 0.2) is 6.29 Å². The van der Waals surface area contributed by atoms with Crippen LogP contribution in [0.5, 0.6) is 0 Å². The summed E-state index contributed by atoms with van der Waals surface area (Å²) in [5.74, 6) is -0.0229. The van der Waals surface area contributed by atoms with Gasteiger partial charge in [-0.1, -0.05) is 12.2 Å². The van der Waals surface area contributed by atoms with Crippen LogP contribution in [-0.4, -0.2) is 28.4 Å². The lowest BCUT2D eigenvalue weighted by Crippen LogP contribution is -2.35. The van der Waals surface area contributed by atoms with Crippen LogP contribution >= 0.6 is 24.1 Å². The van der Waals surface area contributed by atoms with E-state index in [2.05, 4.69) is 4.72 Å². The molecule has 0 bridgehead atoms. The fourth-order valence-electron chi connectivity index (χ4n) is 2.41. The van der Waals surface area contributed by atoms with E-state index in [1.54, 1.807) is 11.8 Å². The molecule has 1 aliphatic carbocycles. The molecule has 7 heteroatoms. The summed E-state index contributed by atoms with van der Waals surface area (Å²) in [4.78, 5) is 12.1. The number of nitrogens with one attached hydrogen (secondary N) is 2. The molecule has 21 heavy (non-hydrogen) atoms. The van der Waals surface area contributed by atoms with E-state index < -0.39 is 0 Å². The Hall–Kier alpha value is -1.05. The van der Waals surface area contributed by atoms with Crippen LogP contribution in [0.2, 0.25) is 0 Å². The molecule has 114 valence electrons. The number of rotatable bonds is 6. The number of aromatic nitrogens is 1. The maximum absolute atomic E-state index is 12.3. The summed E-state index contributed by atoms with van der Waals surface area (Å²) >= 11 is 1.77. The van der Waals surface area contributed by atoms with Gasteiger partial charge in [0.1, 0.15) is 12.3 Å². The highest BCUT2D eigenvalue weighted by Crippen LogP contribution is 2.35. The Morgan fingerprint density at radius 2 is 2.29 bits per heavy atom. The van der Waals surface area contributed by atoms with E-state index in [0.717, 1.165) is 23.3 Å². The number of carbonyl (C=O) groups excluding carboxylic acids is 1. The smallest absolute Gasteiger partial charge is 0.166 e. The second-order valence-electron chi connectivity index (χ2n) is 5.02. The minimum atomic E-state index is -0.142. The van der Waals surface area contributed by atoms with Crippen molar-refractivity contribution in [2.45, 2.75) is 29.5 Å². The van der Waals surface area contributed by atoms with Gasteiger partial charge in [-0.25, -0.2) is 4.72 Å². The van der Waals surface area contributed by atoms with Gasteiger partial charge < -0.3 is 9.98 Å². The maximum atomic E-state index is 12.3. The number of hydrogen-bond acceptors (Lipinski definition) is 5. The molecule has 3 atom stereocenters. The summed E-state index contributed by atoms with van der Waals surface area (Å²) in [5.41, 5.74) is 1.72. The van der Waals surface area contributed by atoms with Crippen molar-refractivity contribution in [1.29, 1.82) is 5.41 Å². The first-order valence-electron chi connectivity index (χ1n) is 6.60. The van der Waals surface area contributed by atoms with Crippen molar-refractivity contribution < 1.29 is 8.68 Å². The molecule has 0 amide bonds. The monoisotopic (exact) mass is 327 g/mol. The average Bonchev–Trinajstić information content (AvgIpc) is 2.76. The Balaban J connectivity index is 2.12. The minimum Gasteiger partial charge on any atom is -0.345 e. The van der Waals surface area contributed by atoms with Crippen molar-refractivity contribution in [2.75, 3.05) is 0 Å². The minimum absolute atomic E-state index is 0.0229. The topological polar surface area (TPSA) is 57.9 Å². The molecular formula is C14H18FN3OS2. The van der Waals surface area contributed by atoms with Crippen molar-refractivity contribution in [2.24, 2.45) is 13.0 Å². The predicted molar refractivity (Wildman–Crippen MR) is 86.8 cm³/mol. The number of nitrogens with zero attached hydrogens (tertiary/aromatic N) is 1. The van der Waals surface area contributed by atoms with Crippen molar-refractivity contribution in [1.82, 2.24) is 9.29 Å². The lowest BCUT2D eigenvalue weighted by Gasteiger charge is -2.28. The predicted octanol–water partition coefficient (Wildman–Crippen LogP) is 3.32. The van der Waals surface area contributed by atoms with E-state index in [0.29, 0.717) is 5.69 Å². The van der Waals surface area contributed by atoms with Crippen molar-refractivity contribution >= 4 is 36.6 Å². The van der Waals surface area contributed by atoms with E-state index in [1.165, 1.54) is 6.21 Å². The standard InChI is InChI=1S/C14H18FN3OS2/c1-9-14(6-11(8-19)18(9)2)20-12-3-4-13(17-21-15)10(5-12)7-16/h3-4,6-8,10,12-13,16-17H,5H2,1-2H3. The van der Waals surface area contributed by atoms with Crippen LogP contribution in [0.3, 0.4) is 0 Å². The molecule has 2 rings (SSSR count). The van der Waals surface area contributed by atoms with Crippen LogP contribution in [0.15, 0.2) is 23.1 Å². The fourth-order valence-corrected chi connectivity index (χ4v) is 4.07. The lowest BCUT2D eigenvalue weighted by molar-refractivity contribution is 0.111. The van der Waals surface area contributed by atoms with Gasteiger partial charge in [-0.05, 0) is 19.4 Å². The fraction of sp³-hybridized carbons (Fsp3) is 0.429. The molecule has 1 aromatic rings. The maximum Gasteiger partial charge on any atom is 0.166 e. The molecule has 0 aromatic carbocycles. The first kappa shape index (κ1) is 16.3. The molecule has 0 saturated carbocycles. The van der Waals surface area contributed by atoms with Gasteiger partial charge in [0, 0.05) is 41.1 Å². The third-order valence-corrected chi connectivity index (χ3v) is 5.50. The molecule has 1 aromatic heterocycles. The zero-order chi connectivity index (χ0) is 15.4. The molecule has 0 spiro atoms. The number of hydrogen-bond donors (Lipinski definition) is 2. The molecule has 3 unspecified atom stereocenters. The Bertz CT molecular complexity index is 559. The third-order valence-electron chi connectivity index (χ3n) is 3.82. The van der Waals surface area contributed by atoms with Crippen molar-refractivity contribution in [3.63, 3.8) is 0 Å². The highest BCUT2D eigenvalue weighted by Gasteiger charge is 2.26. The van der Waals surface area contributed by atoms with Crippen molar-refractivity contribution in [3.8, 4) is 0 Å². The molecule has 0 aliphatic heterocycles. The van der Waals surface area contributed by atoms with Gasteiger partial charge in [-0.3, -0.25) is 4.79 Å². The van der Waals surface area contributed by atoms with Gasteiger partial charge >= 0.3 is 0 Å². The van der Waals surface area contributed by atoms with Gasteiger partial charge in [0.2, 0.25) is 0 Å². The summed E-state index contributed by atoms with van der Waals surface area (Å²) in [7, 11) is 1.87. The zero-order valence-corrected chi connectivity index (χ0v) is 13.5. The molecule has 2 N–H and O–H groups in total. The highest BCUT2D eigenvalue weighted by molar-refractivity contribution is 8.00. The van der Waals surface area contributed by atoms with E-state index in [4.69, 9.17) is 5.41 Å². The van der Waals surface area contributed by atoms with Crippen LogP contribution in [0.4, 0.5) is 3.89 Å². The first-order valence-corrected chi connectivity index (χ1v) is 8.20. The SMILES string of the molecule is Cc1c(SC2C=CC(NSF)C(C=N)C2)cc(C=O)n1C. The van der Waals surface area contributed by atoms with Crippen LogP contribution in [0, 0.1) is 18.3 Å². The molecule has 0 fully saturated rings. The van der Waals surface area contributed by atoms with E-state index in [1.807, 2.05) is 36.8 Å². The van der Waals surface area contributed by atoms with E-state index in [-0.39, 0.29) is 29.5 Å². The number of carbonyl (C=O) groups is 1. The number of aldehydes is 1. The summed E-state index contributed by atoms with van der Waals surface area (Å²) in [6.45, 7) is 1.99.